The molecule has 1 aliphatic rings. The standard InChI is InChI=1S/C68H125NO10/c1-4-7-10-13-16-19-22-25-27-29-30-31-33-34-37-40-43-46-49-52-55-61(72)67(76)69-59(60(71)54-51-48-45-42-39-36-24-21-18-15-12-9-6-3)58-77-68-66(65(75)64(74)62(57-70)78-68)79-63(73)56-53-50-47-44-41-38-35-32-28-26-23-20-17-14-11-8-5-2/h17,20,25-28,51,54,59-62,64-66,68,70-72,74-75H,4-16,18-19,21-24,29-50,52-53,55-58H2,1-3H3,(H,69,76)/b20-17-,27-25+,28-26-,54-51+. The van der Waals surface area contributed by atoms with Gasteiger partial charge in [-0.25, -0.2) is 0 Å². The minimum absolute atomic E-state index is 0.115. The maximum atomic E-state index is 13.5. The van der Waals surface area contributed by atoms with Gasteiger partial charge in [-0.05, 0) is 83.5 Å². The van der Waals surface area contributed by atoms with E-state index in [1.54, 1.807) is 6.08 Å². The molecule has 6 N–H and O–H groups in total. The largest absolute Gasteiger partial charge is 0.454 e. The first-order chi connectivity index (χ1) is 38.7. The molecule has 0 aromatic heterocycles. The first-order valence-corrected chi connectivity index (χ1v) is 33.4. The average molecular weight is 1120 g/mol. The van der Waals surface area contributed by atoms with Crippen LogP contribution in [-0.4, -0.2) is 99.6 Å². The highest BCUT2D eigenvalue weighted by Crippen LogP contribution is 2.26. The molecule has 79 heavy (non-hydrogen) atoms. The van der Waals surface area contributed by atoms with Crippen LogP contribution in [0.1, 0.15) is 310 Å². The maximum Gasteiger partial charge on any atom is 0.306 e. The molecule has 462 valence electrons. The molecule has 0 aromatic rings. The van der Waals surface area contributed by atoms with Crippen molar-refractivity contribution in [1.82, 2.24) is 5.32 Å². The van der Waals surface area contributed by atoms with Crippen LogP contribution in [0, 0.1) is 0 Å². The van der Waals surface area contributed by atoms with Crippen molar-refractivity contribution < 1.29 is 49.3 Å². The van der Waals surface area contributed by atoms with Gasteiger partial charge in [-0.15, -0.1) is 0 Å². The van der Waals surface area contributed by atoms with Crippen LogP contribution in [0.15, 0.2) is 48.6 Å². The molecule has 1 fully saturated rings. The Hall–Kier alpha value is -2.38. The Labute approximate surface area is 485 Å². The summed E-state index contributed by atoms with van der Waals surface area (Å²) in [5.41, 5.74) is 0. The number of esters is 1. The van der Waals surface area contributed by atoms with Gasteiger partial charge in [0, 0.05) is 6.42 Å². The van der Waals surface area contributed by atoms with E-state index in [1.807, 2.05) is 6.08 Å². The summed E-state index contributed by atoms with van der Waals surface area (Å²) in [6, 6.07) is -1.03. The van der Waals surface area contributed by atoms with Crippen molar-refractivity contribution in [2.45, 2.75) is 359 Å². The molecule has 11 nitrogen and oxygen atoms in total. The van der Waals surface area contributed by atoms with Gasteiger partial charge >= 0.3 is 5.97 Å². The maximum absolute atomic E-state index is 13.5. The van der Waals surface area contributed by atoms with Crippen molar-refractivity contribution in [3.63, 3.8) is 0 Å². The van der Waals surface area contributed by atoms with E-state index < -0.39 is 67.4 Å². The van der Waals surface area contributed by atoms with Crippen molar-refractivity contribution in [3.8, 4) is 0 Å². The van der Waals surface area contributed by atoms with E-state index in [9.17, 15) is 35.1 Å². The highest BCUT2D eigenvalue weighted by atomic mass is 16.7. The minimum atomic E-state index is -1.62. The summed E-state index contributed by atoms with van der Waals surface area (Å²) < 4.78 is 17.7. The second-order valence-electron chi connectivity index (χ2n) is 23.2. The fraction of sp³-hybridized carbons (Fsp3) is 0.853. The lowest BCUT2D eigenvalue weighted by Gasteiger charge is -2.41. The monoisotopic (exact) mass is 1120 g/mol. The van der Waals surface area contributed by atoms with Gasteiger partial charge in [-0.3, -0.25) is 9.59 Å². The van der Waals surface area contributed by atoms with Gasteiger partial charge in [0.1, 0.15) is 24.4 Å². The molecule has 1 saturated heterocycles. The summed E-state index contributed by atoms with van der Waals surface area (Å²) >= 11 is 0. The molecule has 0 bridgehead atoms. The summed E-state index contributed by atoms with van der Waals surface area (Å²) in [5, 5.41) is 57.1. The Morgan fingerprint density at radius 1 is 0.494 bits per heavy atom. The lowest BCUT2D eigenvalue weighted by molar-refractivity contribution is -0.305. The molecule has 1 heterocycles. The van der Waals surface area contributed by atoms with Crippen LogP contribution >= 0.6 is 0 Å². The Morgan fingerprint density at radius 3 is 1.33 bits per heavy atom. The van der Waals surface area contributed by atoms with Crippen molar-refractivity contribution in [2.24, 2.45) is 0 Å². The zero-order valence-electron chi connectivity index (χ0n) is 51.2. The SMILES string of the molecule is CCCCC/C=C\C/C=C\CCCCCCCCCC(=O)OC1C(OCC(NC(=O)C(O)CCCCCCCCCCCC/C=C/CCCCCCCC)C(O)/C=C/CCCCCCCCCCCCC)OC(CO)C(O)C1O. The molecule has 8 atom stereocenters. The number of hydrogen-bond acceptors (Lipinski definition) is 10. The smallest absolute Gasteiger partial charge is 0.306 e. The predicted molar refractivity (Wildman–Crippen MR) is 329 cm³/mol. The summed E-state index contributed by atoms with van der Waals surface area (Å²) in [6.45, 7) is 5.79. The number of amides is 1. The van der Waals surface area contributed by atoms with E-state index in [2.05, 4.69) is 62.5 Å². The number of carbonyl (C=O) groups is 2. The fourth-order valence-corrected chi connectivity index (χ4v) is 10.4. The minimum Gasteiger partial charge on any atom is -0.454 e. The van der Waals surface area contributed by atoms with E-state index in [0.29, 0.717) is 19.3 Å². The van der Waals surface area contributed by atoms with E-state index in [4.69, 9.17) is 14.2 Å². The Balaban J connectivity index is 2.65. The lowest BCUT2D eigenvalue weighted by atomic mass is 9.99. The van der Waals surface area contributed by atoms with Gasteiger partial charge in [-0.2, -0.15) is 0 Å². The zero-order valence-corrected chi connectivity index (χ0v) is 51.2. The predicted octanol–water partition coefficient (Wildman–Crippen LogP) is 16.4. The van der Waals surface area contributed by atoms with Crippen molar-refractivity contribution in [2.75, 3.05) is 13.2 Å². The number of carbonyl (C=O) groups excluding carboxylic acids is 2. The van der Waals surface area contributed by atoms with Crippen LogP contribution in [0.4, 0.5) is 0 Å². The van der Waals surface area contributed by atoms with Crippen LogP contribution in [0.5, 0.6) is 0 Å². The highest BCUT2D eigenvalue weighted by molar-refractivity contribution is 5.80. The summed E-state index contributed by atoms with van der Waals surface area (Å²) in [7, 11) is 0. The number of ether oxygens (including phenoxy) is 3. The third-order valence-electron chi connectivity index (χ3n) is 15.7. The van der Waals surface area contributed by atoms with Crippen LogP contribution in [0.2, 0.25) is 0 Å². The average Bonchev–Trinajstić information content (AvgIpc) is 3.49. The molecule has 1 aliphatic heterocycles. The number of rotatable bonds is 57. The fourth-order valence-electron chi connectivity index (χ4n) is 10.4. The molecular weight excluding hydrogens is 991 g/mol. The molecule has 1 amide bonds. The van der Waals surface area contributed by atoms with Crippen LogP contribution in [0.3, 0.4) is 0 Å². The van der Waals surface area contributed by atoms with Gasteiger partial charge in [0.25, 0.3) is 0 Å². The van der Waals surface area contributed by atoms with Gasteiger partial charge in [-0.1, -0.05) is 268 Å². The highest BCUT2D eigenvalue weighted by Gasteiger charge is 2.47. The number of unbranched alkanes of at least 4 members (excludes halogenated alkanes) is 37. The first-order valence-electron chi connectivity index (χ1n) is 33.4. The number of aliphatic hydroxyl groups excluding tert-OH is 5. The second kappa shape index (κ2) is 56.1. The Bertz CT molecular complexity index is 1470. The molecule has 8 unspecified atom stereocenters. The van der Waals surface area contributed by atoms with Crippen molar-refractivity contribution in [3.05, 3.63) is 48.6 Å². The first kappa shape index (κ1) is 74.6. The topological polar surface area (TPSA) is 175 Å². The van der Waals surface area contributed by atoms with Crippen LogP contribution in [-0.2, 0) is 23.8 Å². The molecule has 0 aliphatic carbocycles. The van der Waals surface area contributed by atoms with Crippen molar-refractivity contribution in [1.29, 1.82) is 0 Å². The van der Waals surface area contributed by atoms with Gasteiger partial charge in [0.2, 0.25) is 5.91 Å². The van der Waals surface area contributed by atoms with Gasteiger partial charge < -0.3 is 45.1 Å². The summed E-state index contributed by atoms with van der Waals surface area (Å²) in [5.74, 6) is -1.19. The number of hydrogen-bond donors (Lipinski definition) is 6. The van der Waals surface area contributed by atoms with E-state index in [1.165, 1.54) is 186 Å². The Kier molecular flexibility index (Phi) is 53.0. The third kappa shape index (κ3) is 43.9. The molecule has 0 saturated carbocycles. The molecule has 0 aromatic carbocycles. The molecule has 1 rings (SSSR count). The van der Waals surface area contributed by atoms with Crippen LogP contribution < -0.4 is 5.32 Å². The van der Waals surface area contributed by atoms with E-state index >= 15 is 0 Å². The van der Waals surface area contributed by atoms with Crippen LogP contribution in [0.25, 0.3) is 0 Å². The number of aliphatic hydroxyl groups is 5. The Morgan fingerprint density at radius 2 is 0.873 bits per heavy atom. The molecule has 0 spiro atoms. The van der Waals surface area contributed by atoms with Crippen molar-refractivity contribution >= 4 is 11.9 Å². The zero-order chi connectivity index (χ0) is 57.5. The second-order valence-corrected chi connectivity index (χ2v) is 23.2. The molecule has 0 radical (unpaired) electrons. The number of allylic oxidation sites excluding steroid dienone is 7. The normalized spacial score (nSPS) is 19.1. The quantitative estimate of drug-likeness (QED) is 0.0195. The summed E-state index contributed by atoms with van der Waals surface area (Å²) in [4.78, 5) is 26.6. The van der Waals surface area contributed by atoms with Gasteiger partial charge in [0.05, 0.1) is 25.4 Å². The lowest BCUT2D eigenvalue weighted by Crippen LogP contribution is -2.61. The van der Waals surface area contributed by atoms with Gasteiger partial charge in [0.15, 0.2) is 12.4 Å². The molecular formula is C68H125NO10. The number of nitrogens with one attached hydrogen (secondary N) is 1. The molecule has 11 heteroatoms. The van der Waals surface area contributed by atoms with E-state index in [0.717, 1.165) is 77.0 Å². The third-order valence-corrected chi connectivity index (χ3v) is 15.7. The summed E-state index contributed by atoms with van der Waals surface area (Å²) in [6.07, 6.45) is 58.5. The van der Waals surface area contributed by atoms with E-state index in [-0.39, 0.29) is 13.0 Å².